The van der Waals surface area contributed by atoms with Gasteiger partial charge >= 0.3 is 11.9 Å². The van der Waals surface area contributed by atoms with Crippen LogP contribution in [-0.4, -0.2) is 73.0 Å². The van der Waals surface area contributed by atoms with Crippen molar-refractivity contribution in [2.75, 3.05) is 13.7 Å². The van der Waals surface area contributed by atoms with E-state index >= 15 is 0 Å². The lowest BCUT2D eigenvalue weighted by Crippen LogP contribution is -2.71. The fourth-order valence-electron chi connectivity index (χ4n) is 3.68. The number of ether oxygens (including phenoxy) is 1. The van der Waals surface area contributed by atoms with Crippen molar-refractivity contribution in [3.8, 4) is 0 Å². The zero-order valence-corrected chi connectivity index (χ0v) is 18.8. The van der Waals surface area contributed by atoms with E-state index in [4.69, 9.17) is 4.74 Å². The zero-order valence-electron chi connectivity index (χ0n) is 18.0. The van der Waals surface area contributed by atoms with E-state index in [-0.39, 0.29) is 24.1 Å². The van der Waals surface area contributed by atoms with Gasteiger partial charge in [-0.05, 0) is 17.4 Å². The quantitative estimate of drug-likeness (QED) is 0.264. The SMILES string of the molecule is C=C(C)C(C(=O)OC)N1CC([N+](=O)C(C)=O)C1S(=O)N1C(=O)CCC1=O.c1cc2ccc1=2. The number of likely N-dealkylation sites (tertiary alicyclic amines) is 1. The lowest BCUT2D eigenvalue weighted by Gasteiger charge is -2.45. The van der Waals surface area contributed by atoms with E-state index in [1.807, 2.05) is 0 Å². The fraction of sp³-hybridized carbons (Fsp3) is 0.429. The first-order chi connectivity index (χ1) is 15.1. The van der Waals surface area contributed by atoms with Crippen LogP contribution in [0, 0.1) is 15.3 Å². The molecule has 2 heterocycles. The third-order valence-corrected chi connectivity index (χ3v) is 7.26. The molecule has 2 aliphatic carbocycles. The summed E-state index contributed by atoms with van der Waals surface area (Å²) < 4.78 is 18.4. The van der Waals surface area contributed by atoms with Gasteiger partial charge in [0, 0.05) is 17.7 Å². The van der Waals surface area contributed by atoms with Crippen molar-refractivity contribution in [1.29, 1.82) is 0 Å². The van der Waals surface area contributed by atoms with Crippen molar-refractivity contribution in [3.63, 3.8) is 0 Å². The van der Waals surface area contributed by atoms with Gasteiger partial charge in [0.05, 0.1) is 25.3 Å². The van der Waals surface area contributed by atoms with Gasteiger partial charge in [0.2, 0.25) is 11.8 Å². The van der Waals surface area contributed by atoms with E-state index in [0.717, 1.165) is 6.92 Å². The van der Waals surface area contributed by atoms with Crippen LogP contribution in [0.3, 0.4) is 0 Å². The van der Waals surface area contributed by atoms with Gasteiger partial charge in [-0.2, -0.15) is 4.31 Å². The van der Waals surface area contributed by atoms with Gasteiger partial charge < -0.3 is 4.74 Å². The lowest BCUT2D eigenvalue weighted by atomic mass is 10.0. The normalized spacial score (nSPS) is 22.8. The van der Waals surface area contributed by atoms with Gasteiger partial charge in [0.25, 0.3) is 6.04 Å². The molecule has 2 saturated heterocycles. The maximum atomic E-state index is 12.9. The van der Waals surface area contributed by atoms with Crippen LogP contribution in [0.25, 0.3) is 0 Å². The number of amides is 3. The van der Waals surface area contributed by atoms with Crippen LogP contribution in [0.5, 0.6) is 0 Å². The lowest BCUT2D eigenvalue weighted by molar-refractivity contribution is -0.527. The molecule has 4 unspecified atom stereocenters. The number of imide groups is 1. The second-order valence-corrected chi connectivity index (χ2v) is 9.11. The van der Waals surface area contributed by atoms with Crippen LogP contribution in [0.1, 0.15) is 26.7 Å². The van der Waals surface area contributed by atoms with Crippen molar-refractivity contribution in [2.24, 2.45) is 0 Å². The van der Waals surface area contributed by atoms with Crippen LogP contribution in [0.15, 0.2) is 36.4 Å². The highest BCUT2D eigenvalue weighted by atomic mass is 32.2. The smallest absolute Gasteiger partial charge is 0.430 e. The Hall–Kier alpha value is -3.05. The summed E-state index contributed by atoms with van der Waals surface area (Å²) >= 11 is 0. The van der Waals surface area contributed by atoms with Gasteiger partial charge in [-0.15, -0.1) is 0 Å². The first-order valence-electron chi connectivity index (χ1n) is 9.91. The Morgan fingerprint density at radius 2 is 1.62 bits per heavy atom. The molecular formula is C21H24N3O7S+. The number of rotatable bonds is 6. The number of benzene rings is 1. The van der Waals surface area contributed by atoms with E-state index in [9.17, 15) is 28.3 Å². The highest BCUT2D eigenvalue weighted by Gasteiger charge is 2.60. The van der Waals surface area contributed by atoms with Crippen LogP contribution in [-0.2, 0) is 34.9 Å². The number of hydrogen-bond donors (Lipinski definition) is 0. The van der Waals surface area contributed by atoms with E-state index in [0.29, 0.717) is 9.88 Å². The predicted molar refractivity (Wildman–Crippen MR) is 113 cm³/mol. The molecule has 0 N–H and O–H groups in total. The average Bonchev–Trinajstić information content (AvgIpc) is 3.04. The van der Waals surface area contributed by atoms with E-state index < -0.39 is 52.1 Å². The largest absolute Gasteiger partial charge is 0.468 e. The average molecular weight is 463 g/mol. The molecule has 32 heavy (non-hydrogen) atoms. The zero-order chi connectivity index (χ0) is 23.7. The molecule has 170 valence electrons. The summed E-state index contributed by atoms with van der Waals surface area (Å²) in [7, 11) is -1.08. The molecule has 2 fully saturated rings. The maximum absolute atomic E-state index is 12.9. The Labute approximate surface area is 186 Å². The molecule has 0 aromatic carbocycles. The van der Waals surface area contributed by atoms with Crippen LogP contribution in [0.4, 0.5) is 0 Å². The molecule has 0 saturated carbocycles. The summed E-state index contributed by atoms with van der Waals surface area (Å²) in [4.78, 5) is 60.8. The van der Waals surface area contributed by atoms with Gasteiger partial charge in [-0.25, -0.2) is 9.00 Å². The van der Waals surface area contributed by atoms with Crippen LogP contribution < -0.4 is 0 Å². The van der Waals surface area contributed by atoms with Crippen molar-refractivity contribution in [3.05, 3.63) is 51.8 Å². The molecule has 0 radical (unpaired) electrons. The molecule has 0 spiro atoms. The molecule has 4 aliphatic rings. The van der Waals surface area contributed by atoms with Crippen molar-refractivity contribution in [1.82, 2.24) is 9.21 Å². The Morgan fingerprint density at radius 1 is 1.12 bits per heavy atom. The second kappa shape index (κ2) is 9.21. The summed E-state index contributed by atoms with van der Waals surface area (Å²) in [6, 6.07) is 6.40. The molecular weight excluding hydrogens is 438 g/mol. The summed E-state index contributed by atoms with van der Waals surface area (Å²) in [5, 5.41) is 1.65. The topological polar surface area (TPSA) is 121 Å². The number of esters is 1. The highest BCUT2D eigenvalue weighted by Crippen LogP contribution is 2.32. The molecule has 2 aliphatic heterocycles. The molecule has 4 atom stereocenters. The number of carbonyl (C=O) groups is 4. The Balaban J connectivity index is 0.000000405. The van der Waals surface area contributed by atoms with E-state index in [1.54, 1.807) is 6.92 Å². The molecule has 11 heteroatoms. The number of carbonyl (C=O) groups excluding carboxylic acids is 4. The molecule has 0 aromatic heterocycles. The summed E-state index contributed by atoms with van der Waals surface area (Å²) in [5.41, 5.74) is 0.372. The molecule has 10 nitrogen and oxygen atoms in total. The monoisotopic (exact) mass is 462 g/mol. The van der Waals surface area contributed by atoms with Gasteiger partial charge in [-0.1, -0.05) is 36.4 Å². The standard InChI is InChI=1S/C15H20N3O7S.C6H4/c1-8(2)13(15(22)25-4)16-7-10(17(23)9(3)19)14(16)26(24)18-11(20)5-6-12(18)21;1-2-6-4-3-5(1)6/h10,13-14H,1,5-7H2,2-4H3;1-4H/q+1;. The number of nitroso groups, excluding NO2 is 1. The van der Waals surface area contributed by atoms with E-state index in [2.05, 4.69) is 30.8 Å². The minimum absolute atomic E-state index is 0.0671. The number of nitrogens with zero attached hydrogens (tertiary/aromatic N) is 3. The minimum atomic E-state index is -2.25. The molecule has 0 aromatic rings. The number of hydrogen-bond acceptors (Lipinski definition) is 8. The summed E-state index contributed by atoms with van der Waals surface area (Å²) in [6.07, 6.45) is -0.145. The third-order valence-electron chi connectivity index (χ3n) is 5.50. The summed E-state index contributed by atoms with van der Waals surface area (Å²) in [5.74, 6) is -2.73. The van der Waals surface area contributed by atoms with Crippen molar-refractivity contribution < 1.29 is 32.9 Å². The van der Waals surface area contributed by atoms with Crippen molar-refractivity contribution in [2.45, 2.75) is 44.1 Å². The first-order valence-corrected chi connectivity index (χ1v) is 11.1. The summed E-state index contributed by atoms with van der Waals surface area (Å²) in [6.45, 7) is 6.25. The number of methoxy groups -OCH3 is 1. The Morgan fingerprint density at radius 3 is 1.97 bits per heavy atom. The minimum Gasteiger partial charge on any atom is -0.468 e. The van der Waals surface area contributed by atoms with Gasteiger partial charge in [0.15, 0.2) is 16.4 Å². The van der Waals surface area contributed by atoms with Crippen LogP contribution in [0.2, 0.25) is 0 Å². The molecule has 4 rings (SSSR count). The fourth-order valence-corrected chi connectivity index (χ4v) is 5.38. The Bertz CT molecular complexity index is 1080. The maximum Gasteiger partial charge on any atom is 0.430 e. The Kier molecular flexibility index (Phi) is 6.79. The van der Waals surface area contributed by atoms with Crippen molar-refractivity contribution >= 4 is 34.7 Å². The van der Waals surface area contributed by atoms with Gasteiger partial charge in [0.1, 0.15) is 6.04 Å². The first kappa shape index (κ1) is 23.6. The second-order valence-electron chi connectivity index (χ2n) is 7.71. The highest BCUT2D eigenvalue weighted by molar-refractivity contribution is 7.84. The molecule has 3 amide bonds. The van der Waals surface area contributed by atoms with Crippen LogP contribution >= 0.6 is 0 Å². The predicted octanol–water partition coefficient (Wildman–Crippen LogP) is 0.539. The van der Waals surface area contributed by atoms with E-state index in [1.165, 1.54) is 22.4 Å². The van der Waals surface area contributed by atoms with Gasteiger partial charge in [-0.3, -0.25) is 19.3 Å². The third kappa shape index (κ3) is 4.17. The molecule has 0 bridgehead atoms.